The summed E-state index contributed by atoms with van der Waals surface area (Å²) in [4.78, 5) is 0. The fraction of sp³-hybridized carbons (Fsp3) is 0.500. The predicted octanol–water partition coefficient (Wildman–Crippen LogP) is 1.52. The van der Waals surface area contributed by atoms with E-state index in [-0.39, 0.29) is 0 Å². The van der Waals surface area contributed by atoms with Crippen molar-refractivity contribution in [3.63, 3.8) is 0 Å². The van der Waals surface area contributed by atoms with Crippen LogP contribution in [0.4, 0.5) is 5.69 Å². The SMILES string of the molecule is c1ccc2c(c1)NCCOCCOCCO2. The first kappa shape index (κ1) is 11.2. The Morgan fingerprint density at radius 1 is 0.875 bits per heavy atom. The largest absolute Gasteiger partial charge is 0.489 e. The van der Waals surface area contributed by atoms with E-state index in [2.05, 4.69) is 5.32 Å². The first-order chi connectivity index (χ1) is 7.97. The Labute approximate surface area is 95.5 Å². The zero-order valence-electron chi connectivity index (χ0n) is 9.28. The van der Waals surface area contributed by atoms with Crippen LogP contribution in [0.1, 0.15) is 0 Å². The number of rotatable bonds is 0. The Hall–Kier alpha value is -1.26. The molecule has 0 saturated heterocycles. The molecular weight excluding hydrogens is 206 g/mol. The number of fused-ring (bicyclic) bond motifs is 1. The molecule has 0 radical (unpaired) electrons. The van der Waals surface area contributed by atoms with Crippen molar-refractivity contribution in [2.24, 2.45) is 0 Å². The fourth-order valence-electron chi connectivity index (χ4n) is 1.53. The third-order valence-electron chi connectivity index (χ3n) is 2.31. The molecule has 0 bridgehead atoms. The van der Waals surface area contributed by atoms with Crippen LogP contribution in [0.3, 0.4) is 0 Å². The van der Waals surface area contributed by atoms with Gasteiger partial charge in [0.15, 0.2) is 0 Å². The van der Waals surface area contributed by atoms with Gasteiger partial charge in [0.1, 0.15) is 12.4 Å². The minimum absolute atomic E-state index is 0.568. The highest BCUT2D eigenvalue weighted by molar-refractivity contribution is 5.56. The molecule has 1 aliphatic heterocycles. The van der Waals surface area contributed by atoms with Crippen molar-refractivity contribution in [3.05, 3.63) is 24.3 Å². The molecular formula is C12H17NO3. The van der Waals surface area contributed by atoms with Crippen LogP contribution in [0.15, 0.2) is 24.3 Å². The Balaban J connectivity index is 1.99. The summed E-state index contributed by atoms with van der Waals surface area (Å²) in [6.45, 7) is 3.89. The molecule has 0 amide bonds. The molecule has 4 nitrogen and oxygen atoms in total. The second-order valence-electron chi connectivity index (χ2n) is 3.50. The summed E-state index contributed by atoms with van der Waals surface area (Å²) in [7, 11) is 0. The smallest absolute Gasteiger partial charge is 0.142 e. The third-order valence-corrected chi connectivity index (χ3v) is 2.31. The van der Waals surface area contributed by atoms with E-state index in [1.54, 1.807) is 0 Å². The first-order valence-corrected chi connectivity index (χ1v) is 5.58. The van der Waals surface area contributed by atoms with Crippen molar-refractivity contribution in [1.82, 2.24) is 0 Å². The average Bonchev–Trinajstić information content (AvgIpc) is 2.30. The molecule has 1 heterocycles. The molecule has 1 N–H and O–H groups in total. The van der Waals surface area contributed by atoms with Crippen molar-refractivity contribution < 1.29 is 14.2 Å². The van der Waals surface area contributed by atoms with Gasteiger partial charge in [0.25, 0.3) is 0 Å². The molecule has 1 aromatic carbocycles. The molecule has 1 aromatic rings. The van der Waals surface area contributed by atoms with Crippen LogP contribution >= 0.6 is 0 Å². The molecule has 0 fully saturated rings. The quantitative estimate of drug-likeness (QED) is 0.724. The van der Waals surface area contributed by atoms with Crippen LogP contribution in [0.5, 0.6) is 5.75 Å². The van der Waals surface area contributed by atoms with Crippen LogP contribution in [0.25, 0.3) is 0 Å². The van der Waals surface area contributed by atoms with E-state index in [4.69, 9.17) is 14.2 Å². The molecule has 0 saturated carbocycles. The van der Waals surface area contributed by atoms with Crippen LogP contribution in [0.2, 0.25) is 0 Å². The summed E-state index contributed by atoms with van der Waals surface area (Å²) < 4.78 is 16.4. The number of hydrogen-bond donors (Lipinski definition) is 1. The Morgan fingerprint density at radius 2 is 1.62 bits per heavy atom. The summed E-state index contributed by atoms with van der Waals surface area (Å²) in [6.07, 6.45) is 0. The highest BCUT2D eigenvalue weighted by Gasteiger charge is 2.03. The van der Waals surface area contributed by atoms with Crippen molar-refractivity contribution >= 4 is 5.69 Å². The van der Waals surface area contributed by atoms with Gasteiger partial charge in [0.2, 0.25) is 0 Å². The lowest BCUT2D eigenvalue weighted by atomic mass is 10.3. The molecule has 88 valence electrons. The van der Waals surface area contributed by atoms with Crippen LogP contribution < -0.4 is 10.1 Å². The van der Waals surface area contributed by atoms with Gasteiger partial charge < -0.3 is 19.5 Å². The molecule has 16 heavy (non-hydrogen) atoms. The molecule has 2 rings (SSSR count). The van der Waals surface area contributed by atoms with E-state index < -0.39 is 0 Å². The van der Waals surface area contributed by atoms with E-state index in [1.165, 1.54) is 0 Å². The van der Waals surface area contributed by atoms with Gasteiger partial charge in [-0.3, -0.25) is 0 Å². The number of ether oxygens (including phenoxy) is 3. The van der Waals surface area contributed by atoms with Crippen LogP contribution in [0, 0.1) is 0 Å². The topological polar surface area (TPSA) is 39.7 Å². The second kappa shape index (κ2) is 6.35. The zero-order valence-corrected chi connectivity index (χ0v) is 9.28. The predicted molar refractivity (Wildman–Crippen MR) is 62.1 cm³/mol. The van der Waals surface area contributed by atoms with Crippen LogP contribution in [-0.4, -0.2) is 39.6 Å². The van der Waals surface area contributed by atoms with Gasteiger partial charge in [-0.1, -0.05) is 12.1 Å². The van der Waals surface area contributed by atoms with Crippen molar-refractivity contribution in [2.75, 3.05) is 44.9 Å². The first-order valence-electron chi connectivity index (χ1n) is 5.58. The number of para-hydroxylation sites is 2. The summed E-state index contributed by atoms with van der Waals surface area (Å²) in [5.41, 5.74) is 1.01. The summed E-state index contributed by atoms with van der Waals surface area (Å²) in [6, 6.07) is 7.90. The highest BCUT2D eigenvalue weighted by Crippen LogP contribution is 2.23. The van der Waals surface area contributed by atoms with Crippen molar-refractivity contribution in [1.29, 1.82) is 0 Å². The maximum Gasteiger partial charge on any atom is 0.142 e. The summed E-state index contributed by atoms with van der Waals surface area (Å²) >= 11 is 0. The maximum absolute atomic E-state index is 5.63. The Kier molecular flexibility index (Phi) is 4.46. The molecule has 0 atom stereocenters. The summed E-state index contributed by atoms with van der Waals surface area (Å²) in [5, 5.41) is 3.29. The third kappa shape index (κ3) is 3.40. The zero-order chi connectivity index (χ0) is 11.1. The molecule has 0 spiro atoms. The second-order valence-corrected chi connectivity index (χ2v) is 3.50. The highest BCUT2D eigenvalue weighted by atomic mass is 16.5. The number of anilines is 1. The van der Waals surface area contributed by atoms with Crippen molar-refractivity contribution in [3.8, 4) is 5.75 Å². The monoisotopic (exact) mass is 223 g/mol. The van der Waals surface area contributed by atoms with Gasteiger partial charge in [0.05, 0.1) is 32.1 Å². The molecule has 0 aromatic heterocycles. The Morgan fingerprint density at radius 3 is 2.56 bits per heavy atom. The van der Waals surface area contributed by atoms with Gasteiger partial charge >= 0.3 is 0 Å². The Bertz CT molecular complexity index is 286. The normalized spacial score (nSPS) is 18.2. The number of nitrogens with one attached hydrogen (secondary N) is 1. The molecule has 4 heteroatoms. The summed E-state index contributed by atoms with van der Waals surface area (Å²) in [5.74, 6) is 0.867. The minimum atomic E-state index is 0.568. The van der Waals surface area contributed by atoms with Gasteiger partial charge in [0, 0.05) is 6.54 Å². The maximum atomic E-state index is 5.63. The van der Waals surface area contributed by atoms with Crippen LogP contribution in [-0.2, 0) is 9.47 Å². The number of hydrogen-bond acceptors (Lipinski definition) is 4. The lowest BCUT2D eigenvalue weighted by Crippen LogP contribution is -2.16. The van der Waals surface area contributed by atoms with Gasteiger partial charge in [-0.25, -0.2) is 0 Å². The average molecular weight is 223 g/mol. The molecule has 0 aliphatic carbocycles. The van der Waals surface area contributed by atoms with Gasteiger partial charge in [-0.2, -0.15) is 0 Å². The van der Waals surface area contributed by atoms with E-state index in [0.717, 1.165) is 18.0 Å². The minimum Gasteiger partial charge on any atom is -0.489 e. The van der Waals surface area contributed by atoms with Gasteiger partial charge in [-0.05, 0) is 12.1 Å². The molecule has 1 aliphatic rings. The lowest BCUT2D eigenvalue weighted by molar-refractivity contribution is 0.0386. The van der Waals surface area contributed by atoms with E-state index >= 15 is 0 Å². The van der Waals surface area contributed by atoms with Crippen molar-refractivity contribution in [2.45, 2.75) is 0 Å². The van der Waals surface area contributed by atoms with E-state index in [0.29, 0.717) is 33.0 Å². The van der Waals surface area contributed by atoms with E-state index in [9.17, 15) is 0 Å². The molecule has 0 unspecified atom stereocenters. The van der Waals surface area contributed by atoms with E-state index in [1.807, 2.05) is 24.3 Å². The number of benzene rings is 1. The fourth-order valence-corrected chi connectivity index (χ4v) is 1.53. The van der Waals surface area contributed by atoms with Gasteiger partial charge in [-0.15, -0.1) is 0 Å². The lowest BCUT2D eigenvalue weighted by Gasteiger charge is -2.15. The standard InChI is InChI=1S/C12H17NO3/c1-2-4-12-11(3-1)13-5-6-14-7-8-15-9-10-16-12/h1-4,13H,5-10H2.